The van der Waals surface area contributed by atoms with Crippen molar-refractivity contribution in [1.29, 1.82) is 0 Å². The van der Waals surface area contributed by atoms with Crippen LogP contribution in [0.3, 0.4) is 0 Å². The van der Waals surface area contributed by atoms with Gasteiger partial charge in [-0.1, -0.05) is 0 Å². The summed E-state index contributed by atoms with van der Waals surface area (Å²) in [6, 6.07) is 0.241. The van der Waals surface area contributed by atoms with Gasteiger partial charge in [-0.2, -0.15) is 11.8 Å². The number of carbonyl (C=O) groups excluding carboxylic acids is 1. The maximum Gasteiger partial charge on any atom is 0.237 e. The molecule has 2 atom stereocenters. The van der Waals surface area contributed by atoms with Gasteiger partial charge >= 0.3 is 0 Å². The van der Waals surface area contributed by atoms with Crippen molar-refractivity contribution in [3.05, 3.63) is 0 Å². The second-order valence-corrected chi connectivity index (χ2v) is 8.69. The summed E-state index contributed by atoms with van der Waals surface area (Å²) in [7, 11) is 0. The van der Waals surface area contributed by atoms with E-state index in [0.29, 0.717) is 6.04 Å². The van der Waals surface area contributed by atoms with E-state index in [9.17, 15) is 4.79 Å². The van der Waals surface area contributed by atoms with Crippen molar-refractivity contribution >= 4 is 17.7 Å². The minimum Gasteiger partial charge on any atom is -0.375 e. The van der Waals surface area contributed by atoms with E-state index in [1.807, 2.05) is 39.5 Å². The van der Waals surface area contributed by atoms with Crippen molar-refractivity contribution in [3.63, 3.8) is 0 Å². The third kappa shape index (κ3) is 5.15. The van der Waals surface area contributed by atoms with E-state index < -0.39 is 0 Å². The highest BCUT2D eigenvalue weighted by molar-refractivity contribution is 7.99. The molecule has 0 aliphatic carbocycles. The Hall–Kier alpha value is -0.260. The van der Waals surface area contributed by atoms with Crippen LogP contribution in [0.1, 0.15) is 53.4 Å². The first-order valence-electron chi connectivity index (χ1n) is 8.09. The number of carbonyl (C=O) groups is 1. The standard InChI is InChI=1S/C16H30N2O2S/c1-12(14(19)18-15(2,3)4)17-13-5-8-20-16(11-13)6-9-21-10-7-16/h12-13,17H,5-11H2,1-4H3,(H,18,19). The molecular weight excluding hydrogens is 284 g/mol. The molecule has 0 aromatic rings. The SMILES string of the molecule is CC(NC1CCOC2(CCSCC2)C1)C(=O)NC(C)(C)C. The van der Waals surface area contributed by atoms with Crippen molar-refractivity contribution in [2.24, 2.45) is 0 Å². The van der Waals surface area contributed by atoms with Gasteiger partial charge in [0.2, 0.25) is 5.91 Å². The number of amides is 1. The van der Waals surface area contributed by atoms with Gasteiger partial charge in [-0.05, 0) is 64.9 Å². The summed E-state index contributed by atoms with van der Waals surface area (Å²) in [6.45, 7) is 8.82. The van der Waals surface area contributed by atoms with Gasteiger partial charge in [0.1, 0.15) is 0 Å². The first-order chi connectivity index (χ1) is 9.80. The molecule has 0 bridgehead atoms. The molecule has 0 saturated carbocycles. The quantitative estimate of drug-likeness (QED) is 0.839. The van der Waals surface area contributed by atoms with E-state index in [0.717, 1.165) is 32.3 Å². The Morgan fingerprint density at radius 2 is 2.00 bits per heavy atom. The highest BCUT2D eigenvalue weighted by atomic mass is 32.2. The average Bonchev–Trinajstić information content (AvgIpc) is 2.37. The molecule has 2 N–H and O–H groups in total. The number of nitrogens with one attached hydrogen (secondary N) is 2. The Morgan fingerprint density at radius 1 is 1.33 bits per heavy atom. The molecule has 2 aliphatic rings. The number of hydrogen-bond donors (Lipinski definition) is 2. The molecule has 2 saturated heterocycles. The maximum absolute atomic E-state index is 12.2. The third-order valence-electron chi connectivity index (χ3n) is 4.27. The van der Waals surface area contributed by atoms with E-state index in [1.54, 1.807) is 0 Å². The number of hydrogen-bond acceptors (Lipinski definition) is 4. The normalized spacial score (nSPS) is 27.3. The fourth-order valence-electron chi connectivity index (χ4n) is 3.17. The lowest BCUT2D eigenvalue weighted by molar-refractivity contribution is -0.125. The molecule has 1 spiro atoms. The molecule has 2 aliphatic heterocycles. The van der Waals surface area contributed by atoms with Gasteiger partial charge in [0.25, 0.3) is 0 Å². The first-order valence-corrected chi connectivity index (χ1v) is 9.25. The van der Waals surface area contributed by atoms with E-state index in [-0.39, 0.29) is 23.1 Å². The number of rotatable bonds is 3. The molecule has 0 aromatic carbocycles. The average molecular weight is 314 g/mol. The molecule has 21 heavy (non-hydrogen) atoms. The Balaban J connectivity index is 1.85. The molecule has 0 aromatic heterocycles. The van der Waals surface area contributed by atoms with Crippen molar-refractivity contribution in [1.82, 2.24) is 10.6 Å². The van der Waals surface area contributed by atoms with Crippen LogP contribution in [-0.2, 0) is 9.53 Å². The van der Waals surface area contributed by atoms with E-state index >= 15 is 0 Å². The number of thioether (sulfide) groups is 1. The second-order valence-electron chi connectivity index (χ2n) is 7.46. The molecule has 0 radical (unpaired) electrons. The summed E-state index contributed by atoms with van der Waals surface area (Å²) in [5.74, 6) is 2.49. The van der Waals surface area contributed by atoms with Crippen LogP contribution < -0.4 is 10.6 Å². The second kappa shape index (κ2) is 6.88. The molecule has 2 fully saturated rings. The molecule has 1 amide bonds. The lowest BCUT2D eigenvalue weighted by atomic mass is 9.85. The molecule has 122 valence electrons. The van der Waals surface area contributed by atoms with Gasteiger partial charge in [0.05, 0.1) is 11.6 Å². The van der Waals surface area contributed by atoms with Crippen molar-refractivity contribution in [2.75, 3.05) is 18.1 Å². The van der Waals surface area contributed by atoms with Gasteiger partial charge in [-0.25, -0.2) is 0 Å². The van der Waals surface area contributed by atoms with Crippen LogP contribution in [0.15, 0.2) is 0 Å². The first kappa shape index (κ1) is 17.1. The zero-order valence-electron chi connectivity index (χ0n) is 13.8. The zero-order chi connectivity index (χ0) is 15.5. The summed E-state index contributed by atoms with van der Waals surface area (Å²) < 4.78 is 6.11. The van der Waals surface area contributed by atoms with Gasteiger partial charge in [-0.15, -0.1) is 0 Å². The van der Waals surface area contributed by atoms with Gasteiger partial charge in [0.15, 0.2) is 0 Å². The van der Waals surface area contributed by atoms with E-state index in [4.69, 9.17) is 4.74 Å². The summed E-state index contributed by atoms with van der Waals surface area (Å²) >= 11 is 2.02. The number of ether oxygens (including phenoxy) is 1. The maximum atomic E-state index is 12.2. The molecule has 2 unspecified atom stereocenters. The van der Waals surface area contributed by atoms with Crippen LogP contribution >= 0.6 is 11.8 Å². The van der Waals surface area contributed by atoms with Crippen LogP contribution in [-0.4, -0.2) is 47.2 Å². The fraction of sp³-hybridized carbons (Fsp3) is 0.938. The van der Waals surface area contributed by atoms with Gasteiger partial charge in [0, 0.05) is 18.2 Å². The lowest BCUT2D eigenvalue weighted by Gasteiger charge is -2.44. The van der Waals surface area contributed by atoms with Crippen LogP contribution in [0.5, 0.6) is 0 Å². The Labute approximate surface area is 133 Å². The van der Waals surface area contributed by atoms with E-state index in [1.165, 1.54) is 11.5 Å². The van der Waals surface area contributed by atoms with E-state index in [2.05, 4.69) is 10.6 Å². The summed E-state index contributed by atoms with van der Waals surface area (Å²) in [5, 5.41) is 6.56. The Morgan fingerprint density at radius 3 is 2.62 bits per heavy atom. The Bertz CT molecular complexity index is 356. The van der Waals surface area contributed by atoms with Gasteiger partial charge < -0.3 is 15.4 Å². The highest BCUT2D eigenvalue weighted by Gasteiger charge is 2.39. The lowest BCUT2D eigenvalue weighted by Crippen LogP contribution is -2.55. The van der Waals surface area contributed by atoms with Crippen LogP contribution in [0.25, 0.3) is 0 Å². The van der Waals surface area contributed by atoms with Crippen molar-refractivity contribution in [2.45, 2.75) is 76.6 Å². The molecular formula is C16H30N2O2S. The topological polar surface area (TPSA) is 50.4 Å². The van der Waals surface area contributed by atoms with Gasteiger partial charge in [-0.3, -0.25) is 4.79 Å². The minimum absolute atomic E-state index is 0.0708. The molecule has 5 heteroatoms. The monoisotopic (exact) mass is 314 g/mol. The van der Waals surface area contributed by atoms with Crippen LogP contribution in [0.4, 0.5) is 0 Å². The summed E-state index contributed by atoms with van der Waals surface area (Å²) in [4.78, 5) is 12.2. The third-order valence-corrected chi connectivity index (χ3v) is 5.26. The largest absolute Gasteiger partial charge is 0.375 e. The zero-order valence-corrected chi connectivity index (χ0v) is 14.6. The van der Waals surface area contributed by atoms with Crippen molar-refractivity contribution < 1.29 is 9.53 Å². The fourth-order valence-corrected chi connectivity index (χ4v) is 4.41. The smallest absolute Gasteiger partial charge is 0.237 e. The van der Waals surface area contributed by atoms with Crippen molar-refractivity contribution in [3.8, 4) is 0 Å². The summed E-state index contributed by atoms with van der Waals surface area (Å²) in [6.07, 6.45) is 4.35. The predicted molar refractivity (Wildman–Crippen MR) is 88.8 cm³/mol. The molecule has 2 rings (SSSR count). The predicted octanol–water partition coefficient (Wildman–Crippen LogP) is 2.32. The van der Waals surface area contributed by atoms with Crippen LogP contribution in [0, 0.1) is 0 Å². The summed E-state index contributed by atoms with van der Waals surface area (Å²) in [5.41, 5.74) is -0.105. The van der Waals surface area contributed by atoms with Crippen LogP contribution in [0.2, 0.25) is 0 Å². The molecule has 2 heterocycles. The minimum atomic E-state index is -0.176. The molecule has 4 nitrogen and oxygen atoms in total. The Kier molecular flexibility index (Phi) is 5.60. The highest BCUT2D eigenvalue weighted by Crippen LogP contribution is 2.37.